The molecule has 5 nitrogen and oxygen atoms in total. The topological polar surface area (TPSA) is 64.8 Å². The van der Waals surface area contributed by atoms with Crippen LogP contribution in [0, 0.1) is 0 Å². The van der Waals surface area contributed by atoms with Gasteiger partial charge in [-0.15, -0.1) is 0 Å². The van der Waals surface area contributed by atoms with Crippen molar-refractivity contribution in [2.75, 3.05) is 51.4 Å². The number of hydrogen-bond donors (Lipinski definition) is 1. The van der Waals surface area contributed by atoms with Gasteiger partial charge in [-0.05, 0) is 12.1 Å². The molecule has 1 atom stereocenters. The van der Waals surface area contributed by atoms with E-state index in [1.165, 1.54) is 0 Å². The van der Waals surface area contributed by atoms with Crippen LogP contribution in [0.3, 0.4) is 0 Å². The second kappa shape index (κ2) is 6.88. The molecule has 2 rings (SSSR count). The lowest BCUT2D eigenvalue weighted by molar-refractivity contribution is 0.0409. The number of rotatable bonds is 5. The molecule has 1 fully saturated rings. The van der Waals surface area contributed by atoms with E-state index in [0.717, 1.165) is 32.8 Å². The van der Waals surface area contributed by atoms with Crippen LogP contribution in [-0.4, -0.2) is 54.8 Å². The molecule has 0 saturated carbocycles. The molecule has 19 heavy (non-hydrogen) atoms. The summed E-state index contributed by atoms with van der Waals surface area (Å²) in [5.74, 6) is 1.20. The summed E-state index contributed by atoms with van der Waals surface area (Å²) in [6, 6.07) is 5.25. The largest absolute Gasteiger partial charge is 0.495 e. The number of methoxy groups -OCH3 is 1. The summed E-state index contributed by atoms with van der Waals surface area (Å²) in [6.07, 6.45) is 0. The van der Waals surface area contributed by atoms with Crippen molar-refractivity contribution in [3.63, 3.8) is 0 Å². The van der Waals surface area contributed by atoms with Gasteiger partial charge in [0.05, 0.1) is 36.0 Å². The SMILES string of the molecule is COc1cc(N)ccc1S(=O)CCN1CCOCC1. The molecule has 0 spiro atoms. The standard InChI is InChI=1S/C13H20N2O3S/c1-17-12-10-11(14)2-3-13(12)19(16)9-6-15-4-7-18-8-5-15/h2-3,10H,4-9,14H2,1H3. The van der Waals surface area contributed by atoms with Crippen LogP contribution in [0.4, 0.5) is 5.69 Å². The third-order valence-corrected chi connectivity index (χ3v) is 4.51. The molecule has 1 aliphatic heterocycles. The summed E-state index contributed by atoms with van der Waals surface area (Å²) in [5, 5.41) is 0. The van der Waals surface area contributed by atoms with Crippen LogP contribution >= 0.6 is 0 Å². The number of ether oxygens (including phenoxy) is 2. The number of morpholine rings is 1. The highest BCUT2D eigenvalue weighted by molar-refractivity contribution is 7.85. The van der Waals surface area contributed by atoms with Crippen LogP contribution in [0.15, 0.2) is 23.1 Å². The minimum absolute atomic E-state index is 0.597. The summed E-state index contributed by atoms with van der Waals surface area (Å²) >= 11 is 0. The fraction of sp³-hybridized carbons (Fsp3) is 0.538. The van der Waals surface area contributed by atoms with E-state index in [1.807, 2.05) is 0 Å². The van der Waals surface area contributed by atoms with Crippen molar-refractivity contribution in [3.05, 3.63) is 18.2 Å². The Labute approximate surface area is 116 Å². The van der Waals surface area contributed by atoms with Crippen molar-refractivity contribution in [2.45, 2.75) is 4.90 Å². The predicted molar refractivity (Wildman–Crippen MR) is 75.9 cm³/mol. The highest BCUT2D eigenvalue weighted by atomic mass is 32.2. The lowest BCUT2D eigenvalue weighted by Gasteiger charge is -2.26. The van der Waals surface area contributed by atoms with Crippen LogP contribution in [0.5, 0.6) is 5.75 Å². The van der Waals surface area contributed by atoms with Crippen LogP contribution in [0.25, 0.3) is 0 Å². The van der Waals surface area contributed by atoms with Gasteiger partial charge in [-0.2, -0.15) is 0 Å². The van der Waals surface area contributed by atoms with Crippen LogP contribution < -0.4 is 10.5 Å². The molecule has 0 amide bonds. The van der Waals surface area contributed by atoms with E-state index in [9.17, 15) is 4.21 Å². The Morgan fingerprint density at radius 3 is 2.84 bits per heavy atom. The van der Waals surface area contributed by atoms with Gasteiger partial charge in [0.15, 0.2) is 0 Å². The zero-order chi connectivity index (χ0) is 13.7. The molecule has 0 aromatic heterocycles. The van der Waals surface area contributed by atoms with Crippen molar-refractivity contribution < 1.29 is 13.7 Å². The minimum atomic E-state index is -1.07. The highest BCUT2D eigenvalue weighted by Gasteiger charge is 2.14. The van der Waals surface area contributed by atoms with Gasteiger partial charge >= 0.3 is 0 Å². The second-order valence-electron chi connectivity index (χ2n) is 4.41. The Morgan fingerprint density at radius 1 is 1.42 bits per heavy atom. The van der Waals surface area contributed by atoms with Gasteiger partial charge in [0.1, 0.15) is 5.75 Å². The number of nitrogens with zero attached hydrogens (tertiary/aromatic N) is 1. The zero-order valence-corrected chi connectivity index (χ0v) is 11.9. The van der Waals surface area contributed by atoms with Gasteiger partial charge in [0.2, 0.25) is 0 Å². The average molecular weight is 284 g/mol. The minimum Gasteiger partial charge on any atom is -0.495 e. The maximum atomic E-state index is 12.3. The molecule has 106 valence electrons. The number of anilines is 1. The molecule has 1 aromatic carbocycles. The molecule has 0 radical (unpaired) electrons. The van der Waals surface area contributed by atoms with E-state index < -0.39 is 10.8 Å². The van der Waals surface area contributed by atoms with E-state index in [1.54, 1.807) is 25.3 Å². The molecule has 1 unspecified atom stereocenters. The molecular weight excluding hydrogens is 264 g/mol. The van der Waals surface area contributed by atoms with Gasteiger partial charge < -0.3 is 15.2 Å². The number of benzene rings is 1. The van der Waals surface area contributed by atoms with E-state index >= 15 is 0 Å². The molecule has 1 aliphatic rings. The first-order valence-electron chi connectivity index (χ1n) is 6.32. The van der Waals surface area contributed by atoms with Crippen molar-refractivity contribution in [3.8, 4) is 5.75 Å². The number of nitrogen functional groups attached to an aromatic ring is 1. The van der Waals surface area contributed by atoms with Crippen LogP contribution in [-0.2, 0) is 15.5 Å². The van der Waals surface area contributed by atoms with Crippen molar-refractivity contribution in [2.24, 2.45) is 0 Å². The fourth-order valence-electron chi connectivity index (χ4n) is 2.02. The summed E-state index contributed by atoms with van der Waals surface area (Å²) in [7, 11) is 0.499. The molecule has 0 bridgehead atoms. The van der Waals surface area contributed by atoms with Crippen molar-refractivity contribution in [1.82, 2.24) is 4.90 Å². The lowest BCUT2D eigenvalue weighted by atomic mass is 10.3. The van der Waals surface area contributed by atoms with Gasteiger partial charge in [-0.25, -0.2) is 0 Å². The van der Waals surface area contributed by atoms with E-state index in [-0.39, 0.29) is 0 Å². The summed E-state index contributed by atoms with van der Waals surface area (Å²) in [6.45, 7) is 4.16. The first kappa shape index (κ1) is 14.3. The van der Waals surface area contributed by atoms with Gasteiger partial charge in [-0.3, -0.25) is 9.11 Å². The lowest BCUT2D eigenvalue weighted by Crippen LogP contribution is -2.38. The van der Waals surface area contributed by atoms with E-state index in [4.69, 9.17) is 15.2 Å². The quantitative estimate of drug-likeness (QED) is 0.807. The van der Waals surface area contributed by atoms with Crippen molar-refractivity contribution in [1.29, 1.82) is 0 Å². The summed E-state index contributed by atoms with van der Waals surface area (Å²) in [4.78, 5) is 2.98. The molecule has 1 aromatic rings. The Bertz CT molecular complexity index is 448. The first-order chi connectivity index (χ1) is 9.20. The normalized spacial score (nSPS) is 18.2. The van der Waals surface area contributed by atoms with Gasteiger partial charge in [0.25, 0.3) is 0 Å². The number of hydrogen-bond acceptors (Lipinski definition) is 5. The molecule has 2 N–H and O–H groups in total. The molecular formula is C13H20N2O3S. The van der Waals surface area contributed by atoms with Gasteiger partial charge in [-0.1, -0.05) is 0 Å². The molecule has 6 heteroatoms. The van der Waals surface area contributed by atoms with Crippen molar-refractivity contribution >= 4 is 16.5 Å². The predicted octanol–water partition coefficient (Wildman–Crippen LogP) is 0.717. The van der Waals surface area contributed by atoms with Crippen LogP contribution in [0.2, 0.25) is 0 Å². The zero-order valence-electron chi connectivity index (χ0n) is 11.1. The third kappa shape index (κ3) is 3.92. The molecule has 1 saturated heterocycles. The fourth-order valence-corrected chi connectivity index (χ4v) is 3.25. The maximum Gasteiger partial charge on any atom is 0.137 e. The number of nitrogens with two attached hydrogens (primary N) is 1. The molecule has 1 heterocycles. The Hall–Kier alpha value is -1.11. The summed E-state index contributed by atoms with van der Waals surface area (Å²) in [5.41, 5.74) is 6.31. The smallest absolute Gasteiger partial charge is 0.137 e. The second-order valence-corrected chi connectivity index (χ2v) is 5.95. The van der Waals surface area contributed by atoms with E-state index in [0.29, 0.717) is 22.1 Å². The Balaban J connectivity index is 1.95. The summed E-state index contributed by atoms with van der Waals surface area (Å²) < 4.78 is 22.8. The third-order valence-electron chi connectivity index (χ3n) is 3.13. The van der Waals surface area contributed by atoms with E-state index in [2.05, 4.69) is 4.90 Å². The monoisotopic (exact) mass is 284 g/mol. The van der Waals surface area contributed by atoms with Crippen LogP contribution in [0.1, 0.15) is 0 Å². The first-order valence-corrected chi connectivity index (χ1v) is 7.64. The maximum absolute atomic E-state index is 12.3. The Morgan fingerprint density at radius 2 is 2.16 bits per heavy atom. The highest BCUT2D eigenvalue weighted by Crippen LogP contribution is 2.24. The molecule has 0 aliphatic carbocycles. The van der Waals surface area contributed by atoms with Gasteiger partial charge in [0, 0.05) is 37.1 Å². The average Bonchev–Trinajstić information content (AvgIpc) is 2.45. The Kier molecular flexibility index (Phi) is 5.18.